The van der Waals surface area contributed by atoms with Crippen LogP contribution < -0.4 is 5.32 Å². The summed E-state index contributed by atoms with van der Waals surface area (Å²) in [5, 5.41) is 3.09. The number of furan rings is 1. The molecule has 3 heterocycles. The van der Waals surface area contributed by atoms with E-state index in [-0.39, 0.29) is 0 Å². The molecule has 0 saturated heterocycles. The van der Waals surface area contributed by atoms with Crippen LogP contribution in [0.2, 0.25) is 0 Å². The predicted molar refractivity (Wildman–Crippen MR) is 79.8 cm³/mol. The maximum atomic E-state index is 12.7. The van der Waals surface area contributed by atoms with E-state index in [1.807, 2.05) is 6.07 Å². The van der Waals surface area contributed by atoms with E-state index in [0.717, 1.165) is 0 Å². The number of rotatable bonds is 4. The minimum Gasteiger partial charge on any atom is -0.463 e. The zero-order valence-corrected chi connectivity index (χ0v) is 12.3. The third kappa shape index (κ3) is 2.96. The summed E-state index contributed by atoms with van der Waals surface area (Å²) in [6.45, 7) is 2.08. The first-order valence-electron chi connectivity index (χ1n) is 6.50. The second kappa shape index (κ2) is 5.68. The van der Waals surface area contributed by atoms with Crippen molar-refractivity contribution in [1.29, 1.82) is 0 Å². The van der Waals surface area contributed by atoms with E-state index < -0.39 is 7.52 Å². The molecule has 2 aromatic heterocycles. The monoisotopic (exact) mass is 303 g/mol. The number of nitrogens with one attached hydrogen (secondary N) is 1. The van der Waals surface area contributed by atoms with Gasteiger partial charge in [-0.15, -0.1) is 0 Å². The Morgan fingerprint density at radius 3 is 2.90 bits per heavy atom. The van der Waals surface area contributed by atoms with E-state index in [9.17, 15) is 4.57 Å². The van der Waals surface area contributed by atoms with Crippen LogP contribution in [0.15, 0.2) is 57.8 Å². The van der Waals surface area contributed by atoms with Crippen LogP contribution in [0.4, 0.5) is 0 Å². The van der Waals surface area contributed by atoms with Gasteiger partial charge in [0.1, 0.15) is 11.5 Å². The molecule has 0 spiro atoms. The third-order valence-electron chi connectivity index (χ3n) is 2.79. The average Bonchev–Trinajstić information content (AvgIpc) is 3.02. The molecule has 108 valence electrons. The van der Waals surface area contributed by atoms with Crippen molar-refractivity contribution in [2.75, 3.05) is 6.61 Å². The van der Waals surface area contributed by atoms with Gasteiger partial charge >= 0.3 is 7.52 Å². The molecule has 0 aliphatic carbocycles. The minimum atomic E-state index is -3.27. The van der Waals surface area contributed by atoms with Crippen LogP contribution in [0.25, 0.3) is 5.70 Å². The molecule has 1 atom stereocenters. The molecule has 0 saturated carbocycles. The number of amidine groups is 1. The zero-order chi connectivity index (χ0) is 14.7. The molecule has 6 nitrogen and oxygen atoms in total. The fourth-order valence-electron chi connectivity index (χ4n) is 1.94. The van der Waals surface area contributed by atoms with Crippen LogP contribution in [0.5, 0.6) is 0 Å². The number of pyridine rings is 1. The van der Waals surface area contributed by atoms with Gasteiger partial charge in [-0.2, -0.15) is 4.76 Å². The minimum absolute atomic E-state index is 0.304. The quantitative estimate of drug-likeness (QED) is 0.877. The highest BCUT2D eigenvalue weighted by Gasteiger charge is 2.28. The van der Waals surface area contributed by atoms with E-state index >= 15 is 0 Å². The van der Waals surface area contributed by atoms with E-state index in [1.54, 1.807) is 43.6 Å². The first-order chi connectivity index (χ1) is 10.2. The highest BCUT2D eigenvalue weighted by Crippen LogP contribution is 2.53. The molecule has 1 aliphatic rings. The maximum absolute atomic E-state index is 12.7. The number of hydrogen-bond donors (Lipinski definition) is 1. The molecule has 1 aliphatic heterocycles. The molecular formula is C14H14N3O3P. The lowest BCUT2D eigenvalue weighted by molar-refractivity contribution is 0.340. The standard InChI is InChI=1S/C14H14N3O3P/c1-2-20-21(18)10-12(13-7-5-9-19-13)16-14(17-21)11-6-3-4-8-15-11/h3-10H,2H2,1H3,(H,16,17,18). The van der Waals surface area contributed by atoms with Crippen LogP contribution in [0, 0.1) is 0 Å². The summed E-state index contributed by atoms with van der Waals surface area (Å²) in [6, 6.07) is 8.96. The fourth-order valence-corrected chi connectivity index (χ4v) is 3.45. The van der Waals surface area contributed by atoms with Crippen LogP contribution >= 0.6 is 7.52 Å². The van der Waals surface area contributed by atoms with Gasteiger partial charge in [0.05, 0.1) is 24.4 Å². The van der Waals surface area contributed by atoms with Crippen molar-refractivity contribution in [3.05, 3.63) is 60.1 Å². The summed E-state index contributed by atoms with van der Waals surface area (Å²) in [5.41, 5.74) is 1.15. The van der Waals surface area contributed by atoms with Gasteiger partial charge in [0.25, 0.3) is 0 Å². The lowest BCUT2D eigenvalue weighted by Crippen LogP contribution is -2.26. The van der Waals surface area contributed by atoms with Gasteiger partial charge in [-0.3, -0.25) is 9.55 Å². The van der Waals surface area contributed by atoms with Crippen molar-refractivity contribution < 1.29 is 13.5 Å². The Morgan fingerprint density at radius 1 is 1.33 bits per heavy atom. The Kier molecular flexibility index (Phi) is 3.73. The van der Waals surface area contributed by atoms with Crippen molar-refractivity contribution in [3.63, 3.8) is 0 Å². The van der Waals surface area contributed by atoms with Crippen LogP contribution in [0.1, 0.15) is 18.4 Å². The number of hydrogen-bond acceptors (Lipinski definition) is 5. The van der Waals surface area contributed by atoms with Gasteiger partial charge in [0, 0.05) is 6.20 Å². The average molecular weight is 303 g/mol. The van der Waals surface area contributed by atoms with Gasteiger partial charge in [0.2, 0.25) is 0 Å². The second-order valence-corrected chi connectivity index (χ2v) is 6.14. The Bertz CT molecular complexity index is 723. The highest BCUT2D eigenvalue weighted by atomic mass is 31.2. The molecule has 1 unspecified atom stereocenters. The van der Waals surface area contributed by atoms with Gasteiger partial charge in [0.15, 0.2) is 5.84 Å². The molecule has 7 heteroatoms. The SMILES string of the molecule is CCOP1(=O)C=C(c2ccco2)NC(c2ccccn2)=N1. The molecule has 0 amide bonds. The van der Waals surface area contributed by atoms with Crippen molar-refractivity contribution >= 4 is 19.1 Å². The van der Waals surface area contributed by atoms with Gasteiger partial charge in [-0.05, 0) is 31.2 Å². The molecule has 2 aromatic rings. The molecule has 0 fully saturated rings. The Balaban J connectivity index is 2.03. The lowest BCUT2D eigenvalue weighted by atomic mass is 10.3. The third-order valence-corrected chi connectivity index (χ3v) is 4.48. The van der Waals surface area contributed by atoms with Crippen LogP contribution in [-0.2, 0) is 9.09 Å². The van der Waals surface area contributed by atoms with Crippen molar-refractivity contribution in [2.24, 2.45) is 4.76 Å². The van der Waals surface area contributed by atoms with Crippen LogP contribution in [0.3, 0.4) is 0 Å². The Hall–Kier alpha value is -2.17. The van der Waals surface area contributed by atoms with E-state index in [2.05, 4.69) is 15.1 Å². The zero-order valence-electron chi connectivity index (χ0n) is 11.4. The molecule has 0 radical (unpaired) electrons. The predicted octanol–water partition coefficient (Wildman–Crippen LogP) is 3.25. The normalized spacial score (nSPS) is 21.4. The second-order valence-electron chi connectivity index (χ2n) is 4.29. The van der Waals surface area contributed by atoms with Crippen molar-refractivity contribution in [2.45, 2.75) is 6.92 Å². The topological polar surface area (TPSA) is 76.7 Å². The molecule has 0 bridgehead atoms. The van der Waals surface area contributed by atoms with Gasteiger partial charge in [-0.25, -0.2) is 0 Å². The lowest BCUT2D eigenvalue weighted by Gasteiger charge is -2.20. The Morgan fingerprint density at radius 2 is 2.24 bits per heavy atom. The van der Waals surface area contributed by atoms with E-state index in [0.29, 0.717) is 29.6 Å². The molecule has 1 N–H and O–H groups in total. The smallest absolute Gasteiger partial charge is 0.341 e. The summed E-state index contributed by atoms with van der Waals surface area (Å²) in [4.78, 5) is 4.22. The highest BCUT2D eigenvalue weighted by molar-refractivity contribution is 7.61. The summed E-state index contributed by atoms with van der Waals surface area (Å²) in [5.74, 6) is 2.45. The molecule has 3 rings (SSSR count). The summed E-state index contributed by atoms with van der Waals surface area (Å²) in [7, 11) is -3.27. The Labute approximate surface area is 122 Å². The van der Waals surface area contributed by atoms with Crippen LogP contribution in [-0.4, -0.2) is 17.4 Å². The first-order valence-corrected chi connectivity index (χ1v) is 8.14. The van der Waals surface area contributed by atoms with Gasteiger partial charge in [-0.1, -0.05) is 6.07 Å². The van der Waals surface area contributed by atoms with E-state index in [4.69, 9.17) is 8.94 Å². The maximum Gasteiger partial charge on any atom is 0.341 e. The first kappa shape index (κ1) is 13.8. The summed E-state index contributed by atoms with van der Waals surface area (Å²) in [6.07, 6.45) is 3.20. The van der Waals surface area contributed by atoms with Gasteiger partial charge < -0.3 is 14.3 Å². The number of nitrogens with zero attached hydrogens (tertiary/aromatic N) is 2. The number of aromatic nitrogens is 1. The molecular weight excluding hydrogens is 289 g/mol. The van der Waals surface area contributed by atoms with E-state index in [1.165, 1.54) is 5.82 Å². The van der Waals surface area contributed by atoms with Crippen molar-refractivity contribution in [3.8, 4) is 0 Å². The largest absolute Gasteiger partial charge is 0.463 e. The van der Waals surface area contributed by atoms with Crippen molar-refractivity contribution in [1.82, 2.24) is 10.3 Å². The fraction of sp³-hybridized carbons (Fsp3) is 0.143. The summed E-state index contributed by atoms with van der Waals surface area (Å²) < 4.78 is 27.6. The molecule has 21 heavy (non-hydrogen) atoms. The molecule has 0 aromatic carbocycles. The summed E-state index contributed by atoms with van der Waals surface area (Å²) >= 11 is 0.